The lowest BCUT2D eigenvalue weighted by Crippen LogP contribution is -2.70. The number of allylic oxidation sites excluding steroid dienone is 4. The number of hydrogen-bond acceptors (Lipinski definition) is 7. The maximum Gasteiger partial charge on any atom is 0.313 e. The first-order valence-corrected chi connectivity index (χ1v) is 13.2. The lowest BCUT2D eigenvalue weighted by atomic mass is 9.44. The van der Waals surface area contributed by atoms with Gasteiger partial charge in [-0.15, -0.1) is 0 Å². The molecule has 36 heavy (non-hydrogen) atoms. The second-order valence-corrected chi connectivity index (χ2v) is 12.0. The van der Waals surface area contributed by atoms with Gasteiger partial charge in [-0.05, 0) is 49.8 Å². The number of aliphatic hydroxyl groups excluding tert-OH is 1. The Labute approximate surface area is 212 Å². The van der Waals surface area contributed by atoms with E-state index in [-0.39, 0.29) is 31.3 Å². The van der Waals surface area contributed by atoms with Crippen molar-refractivity contribution in [3.8, 4) is 0 Å². The normalized spacial score (nSPS) is 45.2. The van der Waals surface area contributed by atoms with Gasteiger partial charge in [0.05, 0.1) is 11.9 Å². The highest BCUT2D eigenvalue weighted by molar-refractivity contribution is 8.14. The van der Waals surface area contributed by atoms with Crippen molar-refractivity contribution in [3.05, 3.63) is 23.8 Å². The van der Waals surface area contributed by atoms with Crippen molar-refractivity contribution in [2.75, 3.05) is 5.75 Å². The predicted molar refractivity (Wildman–Crippen MR) is 127 cm³/mol. The van der Waals surface area contributed by atoms with E-state index in [0.29, 0.717) is 11.8 Å². The number of halogens is 2. The zero-order valence-electron chi connectivity index (χ0n) is 20.8. The van der Waals surface area contributed by atoms with Crippen molar-refractivity contribution < 1.29 is 42.9 Å². The molecular formula is C26H32F2O7S. The van der Waals surface area contributed by atoms with Crippen molar-refractivity contribution in [1.82, 2.24) is 0 Å². The van der Waals surface area contributed by atoms with Crippen LogP contribution in [0.3, 0.4) is 0 Å². The summed E-state index contributed by atoms with van der Waals surface area (Å²) in [7, 11) is 0. The third-order valence-corrected chi connectivity index (χ3v) is 10.3. The van der Waals surface area contributed by atoms with Gasteiger partial charge in [-0.25, -0.2) is 8.78 Å². The van der Waals surface area contributed by atoms with E-state index >= 15 is 8.78 Å². The smallest absolute Gasteiger partial charge is 0.313 e. The second-order valence-electron chi connectivity index (χ2n) is 11.0. The molecule has 0 amide bonds. The second kappa shape index (κ2) is 8.75. The molecule has 0 bridgehead atoms. The fraction of sp³-hybridized carbons (Fsp3) is 0.692. The first-order chi connectivity index (χ1) is 16.7. The summed E-state index contributed by atoms with van der Waals surface area (Å²) in [5.41, 5.74) is -6.98. The predicted octanol–water partition coefficient (Wildman–Crippen LogP) is 3.59. The number of aliphatic hydroxyl groups is 1. The number of carbonyl (C=O) groups excluding carboxylic acids is 3. The molecule has 2 unspecified atom stereocenters. The molecule has 0 saturated heterocycles. The Bertz CT molecular complexity index is 1070. The van der Waals surface area contributed by atoms with Crippen LogP contribution in [0.4, 0.5) is 8.78 Å². The molecule has 0 aromatic rings. The Kier molecular flexibility index (Phi) is 6.56. The van der Waals surface area contributed by atoms with Gasteiger partial charge in [0.2, 0.25) is 5.12 Å². The molecule has 4 aliphatic carbocycles. The largest absolute Gasteiger partial charge is 0.481 e. The molecule has 9 atom stereocenters. The lowest BCUT2D eigenvalue weighted by molar-refractivity contribution is -0.228. The van der Waals surface area contributed by atoms with E-state index in [1.54, 1.807) is 20.8 Å². The van der Waals surface area contributed by atoms with Crippen molar-refractivity contribution in [2.24, 2.45) is 28.6 Å². The van der Waals surface area contributed by atoms with Crippen molar-refractivity contribution in [2.45, 2.75) is 76.9 Å². The number of hydrogen-bond donors (Lipinski definition) is 2. The minimum atomic E-state index is -2.33. The summed E-state index contributed by atoms with van der Waals surface area (Å²) in [6.45, 7) is 6.41. The number of thioether (sulfide) groups is 1. The van der Waals surface area contributed by atoms with Crippen LogP contribution < -0.4 is 0 Å². The molecule has 4 aliphatic rings. The van der Waals surface area contributed by atoms with Gasteiger partial charge in [-0.1, -0.05) is 38.6 Å². The van der Waals surface area contributed by atoms with E-state index in [1.807, 2.05) is 0 Å². The van der Waals surface area contributed by atoms with Gasteiger partial charge < -0.3 is 14.9 Å². The Morgan fingerprint density at radius 2 is 1.89 bits per heavy atom. The number of carboxylic acids is 1. The fourth-order valence-electron chi connectivity index (χ4n) is 7.70. The van der Waals surface area contributed by atoms with E-state index in [2.05, 4.69) is 0 Å². The molecule has 0 radical (unpaired) electrons. The average molecular weight is 527 g/mol. The van der Waals surface area contributed by atoms with Crippen molar-refractivity contribution in [1.29, 1.82) is 0 Å². The van der Waals surface area contributed by atoms with E-state index in [0.717, 1.165) is 6.08 Å². The number of carboxylic acid groups (broad SMARTS) is 1. The molecule has 7 nitrogen and oxygen atoms in total. The Balaban J connectivity index is 1.85. The maximum absolute atomic E-state index is 17.3. The summed E-state index contributed by atoms with van der Waals surface area (Å²) in [6.07, 6.45) is -0.0201. The highest BCUT2D eigenvalue weighted by Gasteiger charge is 2.78. The van der Waals surface area contributed by atoms with Crippen LogP contribution >= 0.6 is 11.8 Å². The number of ketones is 1. The molecular weight excluding hydrogens is 494 g/mol. The zero-order valence-corrected chi connectivity index (χ0v) is 21.6. The number of aliphatic carboxylic acids is 1. The number of esters is 1. The van der Waals surface area contributed by atoms with Gasteiger partial charge >= 0.3 is 11.9 Å². The molecule has 4 rings (SSSR count). The third kappa shape index (κ3) is 3.39. The number of alkyl halides is 2. The first-order valence-electron chi connectivity index (χ1n) is 12.3. The van der Waals surface area contributed by atoms with Crippen molar-refractivity contribution >= 4 is 34.6 Å². The zero-order chi connectivity index (χ0) is 26.8. The summed E-state index contributed by atoms with van der Waals surface area (Å²) < 4.78 is 38.8. The Hall–Kier alpha value is -2.07. The molecule has 0 aliphatic heterocycles. The fourth-order valence-corrected chi connectivity index (χ4v) is 8.65. The van der Waals surface area contributed by atoms with Gasteiger partial charge in [-0.2, -0.15) is 0 Å². The SMILES string of the molecule is CCC(=O)O[C@]1(C(=O)SCC(=O)O)[C@H](C)CC2C3C[C@H](F)C4=CC(=O)C=C[C@]4(C)[C@@]3(F)[C@@H](O)C[C@@]21C. The molecule has 10 heteroatoms. The number of ether oxygens (including phenoxy) is 1. The average Bonchev–Trinajstić information content (AvgIpc) is 3.02. The van der Waals surface area contributed by atoms with Gasteiger partial charge in [-0.3, -0.25) is 19.2 Å². The Morgan fingerprint density at radius 1 is 1.22 bits per heavy atom. The molecule has 0 aromatic heterocycles. The summed E-state index contributed by atoms with van der Waals surface area (Å²) >= 11 is 0.516. The van der Waals surface area contributed by atoms with Crippen LogP contribution in [0, 0.1) is 28.6 Å². The highest BCUT2D eigenvalue weighted by atomic mass is 32.2. The van der Waals surface area contributed by atoms with Crippen LogP contribution in [0.2, 0.25) is 0 Å². The Morgan fingerprint density at radius 3 is 2.50 bits per heavy atom. The molecule has 2 N–H and O–H groups in total. The summed E-state index contributed by atoms with van der Waals surface area (Å²) in [5, 5.41) is 19.9. The molecule has 3 saturated carbocycles. The summed E-state index contributed by atoms with van der Waals surface area (Å²) in [5.74, 6) is -5.19. The molecule has 0 heterocycles. The summed E-state index contributed by atoms with van der Waals surface area (Å²) in [6, 6.07) is 0. The minimum Gasteiger partial charge on any atom is -0.481 e. The van der Waals surface area contributed by atoms with Crippen LogP contribution in [0.15, 0.2) is 23.8 Å². The van der Waals surface area contributed by atoms with E-state index in [9.17, 15) is 24.3 Å². The molecule has 0 spiro atoms. The topological polar surface area (TPSA) is 118 Å². The first kappa shape index (κ1) is 27.0. The molecule has 198 valence electrons. The van der Waals surface area contributed by atoms with Gasteiger partial charge in [0.25, 0.3) is 0 Å². The van der Waals surface area contributed by atoms with Crippen LogP contribution in [0.1, 0.15) is 53.4 Å². The van der Waals surface area contributed by atoms with Gasteiger partial charge in [0, 0.05) is 29.1 Å². The van der Waals surface area contributed by atoms with Crippen LogP contribution in [0.5, 0.6) is 0 Å². The third-order valence-electron chi connectivity index (χ3n) is 9.36. The van der Waals surface area contributed by atoms with Crippen LogP contribution in [-0.2, 0) is 23.9 Å². The minimum absolute atomic E-state index is 0.000729. The van der Waals surface area contributed by atoms with E-state index in [1.165, 1.54) is 19.1 Å². The number of fused-ring (bicyclic) bond motifs is 5. The lowest BCUT2D eigenvalue weighted by Gasteiger charge is -2.63. The van der Waals surface area contributed by atoms with E-state index in [4.69, 9.17) is 9.84 Å². The molecule has 3 fully saturated rings. The quantitative estimate of drug-likeness (QED) is 0.522. The number of rotatable bonds is 5. The summed E-state index contributed by atoms with van der Waals surface area (Å²) in [4.78, 5) is 49.4. The molecule has 0 aromatic carbocycles. The van der Waals surface area contributed by atoms with E-state index < -0.39 is 80.7 Å². The standard InChI is InChI=1S/C26H32F2O7S/c1-5-21(33)35-26(22(34)36-12-20(31)32)13(2)8-15-16-10-18(27)17-9-14(29)6-7-23(17,3)25(16,28)19(30)11-24(15,26)4/h6-7,9,13,15-16,18-19,30H,5,8,10-12H2,1-4H3,(H,31,32)/t13-,15?,16?,18+,19+,23+,24+,25+,26+/m1/s1. The number of carbonyl (C=O) groups is 4. The van der Waals surface area contributed by atoms with Gasteiger partial charge in [0.1, 0.15) is 6.17 Å². The monoisotopic (exact) mass is 526 g/mol. The highest BCUT2D eigenvalue weighted by Crippen LogP contribution is 2.72. The van der Waals surface area contributed by atoms with Gasteiger partial charge in [0.15, 0.2) is 17.1 Å². The van der Waals surface area contributed by atoms with Crippen LogP contribution in [-0.4, -0.2) is 62.3 Å². The van der Waals surface area contributed by atoms with Crippen molar-refractivity contribution in [3.63, 3.8) is 0 Å². The van der Waals surface area contributed by atoms with Crippen LogP contribution in [0.25, 0.3) is 0 Å². The maximum atomic E-state index is 17.3.